The van der Waals surface area contributed by atoms with E-state index in [1.54, 1.807) is 24.3 Å². The van der Waals surface area contributed by atoms with Gasteiger partial charge in [-0.15, -0.1) is 0 Å². The van der Waals surface area contributed by atoms with E-state index in [1.165, 1.54) is 0 Å². The van der Waals surface area contributed by atoms with Gasteiger partial charge in [0.1, 0.15) is 12.0 Å². The van der Waals surface area contributed by atoms with Crippen molar-refractivity contribution >= 4 is 18.0 Å². The Hall–Kier alpha value is -2.41. The molecule has 0 spiro atoms. The van der Waals surface area contributed by atoms with Gasteiger partial charge in [-0.05, 0) is 59.7 Å². The maximum atomic E-state index is 13.3. The molecule has 7 nitrogen and oxygen atoms in total. The van der Waals surface area contributed by atoms with Gasteiger partial charge in [0.05, 0.1) is 5.56 Å². The van der Waals surface area contributed by atoms with Gasteiger partial charge in [0.15, 0.2) is 0 Å². The zero-order chi connectivity index (χ0) is 21.8. The third kappa shape index (κ3) is 5.19. The van der Waals surface area contributed by atoms with Crippen LogP contribution in [-0.4, -0.2) is 60.2 Å². The minimum absolute atomic E-state index is 0.0100. The van der Waals surface area contributed by atoms with Crippen molar-refractivity contribution in [2.45, 2.75) is 77.2 Å². The van der Waals surface area contributed by atoms with Crippen LogP contribution >= 0.6 is 0 Å². The highest BCUT2D eigenvalue weighted by Crippen LogP contribution is 2.40. The molecule has 164 valence electrons. The van der Waals surface area contributed by atoms with E-state index < -0.39 is 24.0 Å². The van der Waals surface area contributed by atoms with Crippen LogP contribution in [0.2, 0.25) is 0 Å². The number of esters is 2. The molecule has 30 heavy (non-hydrogen) atoms. The minimum Gasteiger partial charge on any atom is -0.458 e. The van der Waals surface area contributed by atoms with Crippen molar-refractivity contribution in [1.29, 1.82) is 0 Å². The molecule has 3 rings (SSSR count). The van der Waals surface area contributed by atoms with Crippen LogP contribution in [0.4, 0.5) is 0 Å². The van der Waals surface area contributed by atoms with Gasteiger partial charge >= 0.3 is 11.9 Å². The fraction of sp³-hybridized carbons (Fsp3) is 0.609. The number of carbonyl (C=O) groups excluding carboxylic acids is 2. The molecule has 2 heterocycles. The Morgan fingerprint density at radius 1 is 1.13 bits per heavy atom. The summed E-state index contributed by atoms with van der Waals surface area (Å²) in [5.74, 6) is -1.35. The third-order valence-corrected chi connectivity index (χ3v) is 5.74. The maximum Gasteiger partial charge on any atom is 0.338 e. The van der Waals surface area contributed by atoms with Gasteiger partial charge in [-0.3, -0.25) is 9.69 Å². The van der Waals surface area contributed by atoms with Gasteiger partial charge in [0, 0.05) is 30.6 Å². The fourth-order valence-electron chi connectivity index (χ4n) is 4.37. The number of piperidine rings is 1. The second-order valence-corrected chi connectivity index (χ2v) is 8.78. The van der Waals surface area contributed by atoms with Crippen LogP contribution in [0.3, 0.4) is 0 Å². The summed E-state index contributed by atoms with van der Waals surface area (Å²) in [7, 11) is 2.04. The highest BCUT2D eigenvalue weighted by atomic mass is 16.6. The Labute approximate surface area is 178 Å². The number of nitrogens with one attached hydrogen (secondary N) is 1. The number of ether oxygens (including phenoxy) is 2. The van der Waals surface area contributed by atoms with Crippen LogP contribution in [0, 0.1) is 5.92 Å². The smallest absolute Gasteiger partial charge is 0.338 e. The molecule has 2 aliphatic heterocycles. The quantitative estimate of drug-likeness (QED) is 0.452. The SMILES string of the molecule is CC(C)N=C(NC(C)C)OC(=O)[C@H]1[C@@H](OC(=O)c2ccccc2)C[C@@H]2CC[C@H]1N2C. The average Bonchev–Trinajstić information content (AvgIpc) is 2.91. The molecule has 2 saturated heterocycles. The summed E-state index contributed by atoms with van der Waals surface area (Å²) in [6.45, 7) is 7.78. The van der Waals surface area contributed by atoms with Gasteiger partial charge < -0.3 is 14.8 Å². The number of nitrogens with zero attached hydrogens (tertiary/aromatic N) is 2. The topological polar surface area (TPSA) is 80.2 Å². The Bertz CT molecular complexity index is 778. The van der Waals surface area contributed by atoms with Crippen molar-refractivity contribution in [3.63, 3.8) is 0 Å². The van der Waals surface area contributed by atoms with E-state index in [2.05, 4.69) is 15.2 Å². The molecule has 2 bridgehead atoms. The number of hydrogen-bond donors (Lipinski definition) is 1. The zero-order valence-electron chi connectivity index (χ0n) is 18.5. The predicted molar refractivity (Wildman–Crippen MR) is 115 cm³/mol. The lowest BCUT2D eigenvalue weighted by atomic mass is 9.87. The van der Waals surface area contributed by atoms with Gasteiger partial charge in [-0.1, -0.05) is 18.2 Å². The van der Waals surface area contributed by atoms with E-state index in [9.17, 15) is 9.59 Å². The number of carbonyl (C=O) groups is 2. The summed E-state index contributed by atoms with van der Waals surface area (Å²) in [5.41, 5.74) is 0.486. The Morgan fingerprint density at radius 3 is 2.47 bits per heavy atom. The molecular formula is C23H33N3O4. The summed E-state index contributed by atoms with van der Waals surface area (Å²) < 4.78 is 11.6. The predicted octanol–water partition coefficient (Wildman–Crippen LogP) is 3.00. The second-order valence-electron chi connectivity index (χ2n) is 8.78. The molecule has 2 aliphatic rings. The number of rotatable bonds is 5. The first-order chi connectivity index (χ1) is 14.3. The summed E-state index contributed by atoms with van der Waals surface area (Å²) in [6, 6.07) is 9.47. The molecule has 0 amide bonds. The molecule has 0 saturated carbocycles. The first-order valence-electron chi connectivity index (χ1n) is 10.8. The highest BCUT2D eigenvalue weighted by molar-refractivity contribution is 5.91. The summed E-state index contributed by atoms with van der Waals surface area (Å²) in [5, 5.41) is 3.10. The molecule has 2 fully saturated rings. The van der Waals surface area contributed by atoms with Gasteiger partial charge in [0.2, 0.25) is 0 Å². The Balaban J connectivity index is 1.80. The summed E-state index contributed by atoms with van der Waals surface area (Å²) in [4.78, 5) is 32.6. The zero-order valence-corrected chi connectivity index (χ0v) is 18.5. The molecule has 0 radical (unpaired) electrons. The molecule has 0 aliphatic carbocycles. The molecule has 7 heteroatoms. The number of hydrogen-bond acceptors (Lipinski definition) is 6. The van der Waals surface area contributed by atoms with E-state index in [0.29, 0.717) is 18.0 Å². The Morgan fingerprint density at radius 2 is 1.83 bits per heavy atom. The second kappa shape index (κ2) is 9.60. The molecule has 0 unspecified atom stereocenters. The van der Waals surface area contributed by atoms with E-state index in [-0.39, 0.29) is 24.1 Å². The van der Waals surface area contributed by atoms with Crippen LogP contribution in [0.15, 0.2) is 35.3 Å². The molecule has 1 N–H and O–H groups in total. The molecule has 0 aromatic heterocycles. The number of aliphatic imine (C=N–C) groups is 1. The van der Waals surface area contributed by atoms with Gasteiger partial charge in [0.25, 0.3) is 6.02 Å². The number of fused-ring (bicyclic) bond motifs is 2. The lowest BCUT2D eigenvalue weighted by Gasteiger charge is -2.40. The van der Waals surface area contributed by atoms with Crippen LogP contribution < -0.4 is 5.32 Å². The Kier molecular flexibility index (Phi) is 7.13. The first-order valence-corrected chi connectivity index (χ1v) is 10.8. The fourth-order valence-corrected chi connectivity index (χ4v) is 4.37. The lowest BCUT2D eigenvalue weighted by Crippen LogP contribution is -2.54. The van der Waals surface area contributed by atoms with Crippen molar-refractivity contribution in [2.75, 3.05) is 7.05 Å². The third-order valence-electron chi connectivity index (χ3n) is 5.74. The highest BCUT2D eigenvalue weighted by Gasteiger charge is 2.51. The molecule has 1 aromatic carbocycles. The van der Waals surface area contributed by atoms with E-state index in [4.69, 9.17) is 9.47 Å². The van der Waals surface area contributed by atoms with Crippen molar-refractivity contribution in [1.82, 2.24) is 10.2 Å². The van der Waals surface area contributed by atoms with Crippen LogP contribution in [-0.2, 0) is 14.3 Å². The summed E-state index contributed by atoms with van der Waals surface area (Å²) >= 11 is 0. The molecular weight excluding hydrogens is 382 g/mol. The molecule has 1 aromatic rings. The van der Waals surface area contributed by atoms with Gasteiger partial charge in [-0.25, -0.2) is 9.79 Å². The summed E-state index contributed by atoms with van der Waals surface area (Å²) in [6.07, 6.45) is 1.98. The lowest BCUT2D eigenvalue weighted by molar-refractivity contribution is -0.151. The standard InChI is InChI=1S/C23H33N3O4/c1-14(2)24-23(25-15(3)4)30-22(28)20-18-12-11-17(26(18)5)13-19(20)29-21(27)16-9-7-6-8-10-16/h6-10,14-15,17-20H,11-13H2,1-5H3,(H,24,25)/t17-,18+,19-,20+/m0/s1. The number of amidine groups is 1. The van der Waals surface area contributed by atoms with E-state index in [1.807, 2.05) is 40.8 Å². The normalized spacial score (nSPS) is 26.7. The largest absolute Gasteiger partial charge is 0.458 e. The van der Waals surface area contributed by atoms with Crippen molar-refractivity contribution in [3.05, 3.63) is 35.9 Å². The van der Waals surface area contributed by atoms with Crippen LogP contribution in [0.1, 0.15) is 57.3 Å². The van der Waals surface area contributed by atoms with Crippen LogP contribution in [0.25, 0.3) is 0 Å². The van der Waals surface area contributed by atoms with Crippen molar-refractivity contribution in [2.24, 2.45) is 10.9 Å². The average molecular weight is 416 g/mol. The maximum absolute atomic E-state index is 13.3. The monoisotopic (exact) mass is 415 g/mol. The first kappa shape index (κ1) is 22.3. The minimum atomic E-state index is -0.548. The van der Waals surface area contributed by atoms with Crippen molar-refractivity contribution < 1.29 is 19.1 Å². The van der Waals surface area contributed by atoms with Crippen LogP contribution in [0.5, 0.6) is 0 Å². The van der Waals surface area contributed by atoms with Gasteiger partial charge in [-0.2, -0.15) is 0 Å². The molecule has 4 atom stereocenters. The van der Waals surface area contributed by atoms with E-state index >= 15 is 0 Å². The van der Waals surface area contributed by atoms with E-state index in [0.717, 1.165) is 12.8 Å². The number of benzene rings is 1. The van der Waals surface area contributed by atoms with Crippen molar-refractivity contribution in [3.8, 4) is 0 Å².